The Morgan fingerprint density at radius 3 is 2.67 bits per heavy atom. The van der Waals surface area contributed by atoms with E-state index in [1.807, 2.05) is 12.1 Å². The second-order valence-corrected chi connectivity index (χ2v) is 7.27. The maximum Gasteiger partial charge on any atom is 0.160 e. The molecule has 2 aromatic carbocycles. The highest BCUT2D eigenvalue weighted by Gasteiger charge is 2.27. The van der Waals surface area contributed by atoms with Crippen LogP contribution in [0.3, 0.4) is 0 Å². The van der Waals surface area contributed by atoms with E-state index < -0.39 is 0 Å². The molecule has 0 saturated heterocycles. The summed E-state index contributed by atoms with van der Waals surface area (Å²) >= 11 is 0. The summed E-state index contributed by atoms with van der Waals surface area (Å²) in [5, 5.41) is 9.90. The third kappa shape index (κ3) is 3.58. The Morgan fingerprint density at radius 1 is 1.07 bits per heavy atom. The highest BCUT2D eigenvalue weighted by Crippen LogP contribution is 2.34. The zero-order valence-electron chi connectivity index (χ0n) is 15.9. The molecular formula is C23H26N2O2. The molecule has 0 radical (unpaired) electrons. The van der Waals surface area contributed by atoms with E-state index in [0.717, 1.165) is 31.6 Å². The summed E-state index contributed by atoms with van der Waals surface area (Å²) in [6, 6.07) is 19.1. The van der Waals surface area contributed by atoms with Crippen molar-refractivity contribution in [1.29, 1.82) is 0 Å². The van der Waals surface area contributed by atoms with E-state index in [1.165, 1.54) is 16.8 Å². The Morgan fingerprint density at radius 2 is 1.89 bits per heavy atom. The number of hydrogen-bond donors (Lipinski definition) is 1. The van der Waals surface area contributed by atoms with Crippen molar-refractivity contribution < 1.29 is 9.84 Å². The molecule has 0 spiro atoms. The number of aromatic hydroxyl groups is 1. The van der Waals surface area contributed by atoms with Gasteiger partial charge < -0.3 is 14.4 Å². The Hall–Kier alpha value is -2.72. The number of fused-ring (bicyclic) bond motifs is 1. The number of aromatic nitrogens is 1. The van der Waals surface area contributed by atoms with E-state index in [0.29, 0.717) is 5.75 Å². The molecule has 2 heterocycles. The largest absolute Gasteiger partial charge is 0.504 e. The molecular weight excluding hydrogens is 336 g/mol. The van der Waals surface area contributed by atoms with Gasteiger partial charge >= 0.3 is 0 Å². The van der Waals surface area contributed by atoms with Crippen molar-refractivity contribution in [2.75, 3.05) is 13.7 Å². The van der Waals surface area contributed by atoms with Gasteiger partial charge in [-0.3, -0.25) is 4.90 Å². The van der Waals surface area contributed by atoms with Gasteiger partial charge in [0.25, 0.3) is 0 Å². The SMILES string of the molecule is COc1cc(CN2CCCn3cccc3C2c2ccc(C)cc2)ccc1O. The molecule has 27 heavy (non-hydrogen) atoms. The predicted octanol–water partition coefficient (Wildman–Crippen LogP) is 4.51. The number of ether oxygens (including phenoxy) is 1. The van der Waals surface area contributed by atoms with Gasteiger partial charge in [-0.1, -0.05) is 35.9 Å². The Balaban J connectivity index is 1.72. The average molecular weight is 362 g/mol. The number of aryl methyl sites for hydroxylation is 2. The summed E-state index contributed by atoms with van der Waals surface area (Å²) in [6.07, 6.45) is 3.29. The molecule has 0 bridgehead atoms. The number of nitrogens with zero attached hydrogens (tertiary/aromatic N) is 2. The molecule has 1 aliphatic rings. The van der Waals surface area contributed by atoms with E-state index >= 15 is 0 Å². The number of benzene rings is 2. The van der Waals surface area contributed by atoms with Gasteiger partial charge in [-0.15, -0.1) is 0 Å². The molecule has 0 amide bonds. The van der Waals surface area contributed by atoms with Gasteiger partial charge in [0.2, 0.25) is 0 Å². The molecule has 4 heteroatoms. The first kappa shape index (κ1) is 17.7. The minimum atomic E-state index is 0.182. The van der Waals surface area contributed by atoms with Crippen molar-refractivity contribution in [1.82, 2.24) is 9.47 Å². The van der Waals surface area contributed by atoms with E-state index in [-0.39, 0.29) is 11.8 Å². The van der Waals surface area contributed by atoms with Crippen molar-refractivity contribution in [2.24, 2.45) is 0 Å². The molecule has 140 valence electrons. The van der Waals surface area contributed by atoms with Crippen LogP contribution in [0.2, 0.25) is 0 Å². The van der Waals surface area contributed by atoms with Gasteiger partial charge in [0.1, 0.15) is 0 Å². The van der Waals surface area contributed by atoms with Gasteiger partial charge in [-0.25, -0.2) is 0 Å². The summed E-state index contributed by atoms with van der Waals surface area (Å²) in [7, 11) is 1.59. The second-order valence-electron chi connectivity index (χ2n) is 7.27. The first-order valence-corrected chi connectivity index (χ1v) is 9.47. The molecule has 4 rings (SSSR count). The standard InChI is InChI=1S/C23H26N2O2/c1-17-6-9-19(10-7-17)23-20-5-3-12-24(20)13-4-14-25(23)16-18-8-11-21(26)22(15-18)27-2/h3,5-12,15,23,26H,4,13-14,16H2,1-2H3. The maximum atomic E-state index is 9.90. The summed E-state index contributed by atoms with van der Waals surface area (Å²) < 4.78 is 7.67. The minimum absolute atomic E-state index is 0.182. The lowest BCUT2D eigenvalue weighted by atomic mass is 10.00. The van der Waals surface area contributed by atoms with E-state index in [9.17, 15) is 5.11 Å². The van der Waals surface area contributed by atoms with Crippen molar-refractivity contribution in [3.63, 3.8) is 0 Å². The van der Waals surface area contributed by atoms with Crippen LogP contribution >= 0.6 is 0 Å². The summed E-state index contributed by atoms with van der Waals surface area (Å²) in [6.45, 7) is 4.99. The number of rotatable bonds is 4. The zero-order chi connectivity index (χ0) is 18.8. The maximum absolute atomic E-state index is 9.90. The molecule has 1 unspecified atom stereocenters. The second kappa shape index (κ2) is 7.49. The Bertz CT molecular complexity index is 914. The van der Waals surface area contributed by atoms with Crippen LogP contribution in [0.5, 0.6) is 11.5 Å². The number of hydrogen-bond acceptors (Lipinski definition) is 3. The normalized spacial score (nSPS) is 17.3. The smallest absolute Gasteiger partial charge is 0.160 e. The predicted molar refractivity (Wildman–Crippen MR) is 107 cm³/mol. The van der Waals surface area contributed by atoms with Gasteiger partial charge in [0.05, 0.1) is 13.2 Å². The van der Waals surface area contributed by atoms with E-state index in [1.54, 1.807) is 13.2 Å². The van der Waals surface area contributed by atoms with Crippen molar-refractivity contribution in [3.8, 4) is 11.5 Å². The minimum Gasteiger partial charge on any atom is -0.504 e. The molecule has 0 fully saturated rings. The first-order chi connectivity index (χ1) is 13.2. The topological polar surface area (TPSA) is 37.6 Å². The molecule has 0 aliphatic carbocycles. The number of phenolic OH excluding ortho intramolecular Hbond substituents is 1. The van der Waals surface area contributed by atoms with Crippen LogP contribution in [-0.2, 0) is 13.1 Å². The van der Waals surface area contributed by atoms with Gasteiger partial charge in [0.15, 0.2) is 11.5 Å². The Kier molecular flexibility index (Phi) is 4.90. The highest BCUT2D eigenvalue weighted by atomic mass is 16.5. The lowest BCUT2D eigenvalue weighted by Crippen LogP contribution is -2.29. The first-order valence-electron chi connectivity index (χ1n) is 9.47. The third-order valence-electron chi connectivity index (χ3n) is 5.38. The molecule has 1 aliphatic heterocycles. The molecule has 4 nitrogen and oxygen atoms in total. The zero-order valence-corrected chi connectivity index (χ0v) is 15.9. The molecule has 1 aromatic heterocycles. The summed E-state index contributed by atoms with van der Waals surface area (Å²) in [5.41, 5.74) is 5.06. The van der Waals surface area contributed by atoms with Crippen LogP contribution in [0, 0.1) is 6.92 Å². The average Bonchev–Trinajstić information content (AvgIpc) is 3.06. The number of phenols is 1. The van der Waals surface area contributed by atoms with Gasteiger partial charge in [0, 0.05) is 31.5 Å². The molecule has 1 N–H and O–H groups in total. The fourth-order valence-corrected chi connectivity index (χ4v) is 4.00. The van der Waals surface area contributed by atoms with Crippen molar-refractivity contribution in [3.05, 3.63) is 83.2 Å². The molecule has 3 aromatic rings. The van der Waals surface area contributed by atoms with Crippen LogP contribution in [0.25, 0.3) is 0 Å². The third-order valence-corrected chi connectivity index (χ3v) is 5.38. The van der Waals surface area contributed by atoms with Gasteiger partial charge in [-0.05, 0) is 48.7 Å². The fraction of sp³-hybridized carbons (Fsp3) is 0.304. The fourth-order valence-electron chi connectivity index (χ4n) is 4.00. The van der Waals surface area contributed by atoms with Gasteiger partial charge in [-0.2, -0.15) is 0 Å². The number of methoxy groups -OCH3 is 1. The van der Waals surface area contributed by atoms with Crippen molar-refractivity contribution >= 4 is 0 Å². The van der Waals surface area contributed by atoms with Crippen LogP contribution in [0.1, 0.15) is 34.8 Å². The summed E-state index contributed by atoms with van der Waals surface area (Å²) in [5.74, 6) is 0.707. The lowest BCUT2D eigenvalue weighted by molar-refractivity contribution is 0.220. The molecule has 0 saturated carbocycles. The Labute approximate surface area is 160 Å². The molecule has 1 atom stereocenters. The van der Waals surface area contributed by atoms with Crippen LogP contribution < -0.4 is 4.74 Å². The lowest BCUT2D eigenvalue weighted by Gasteiger charge is -2.31. The highest BCUT2D eigenvalue weighted by molar-refractivity contribution is 5.42. The van der Waals surface area contributed by atoms with E-state index in [4.69, 9.17) is 4.74 Å². The monoisotopic (exact) mass is 362 g/mol. The van der Waals surface area contributed by atoms with Crippen LogP contribution in [-0.4, -0.2) is 28.2 Å². The van der Waals surface area contributed by atoms with Crippen molar-refractivity contribution in [2.45, 2.75) is 32.5 Å². The van der Waals surface area contributed by atoms with E-state index in [2.05, 4.69) is 59.0 Å². The quantitative estimate of drug-likeness (QED) is 0.742. The van der Waals surface area contributed by atoms with Crippen LogP contribution in [0.15, 0.2) is 60.8 Å². The summed E-state index contributed by atoms with van der Waals surface area (Å²) in [4.78, 5) is 2.52. The van der Waals surface area contributed by atoms with Crippen LogP contribution in [0.4, 0.5) is 0 Å².